The van der Waals surface area contributed by atoms with E-state index in [9.17, 15) is 4.79 Å². The summed E-state index contributed by atoms with van der Waals surface area (Å²) in [5.74, 6) is 0. The maximum absolute atomic E-state index is 9.94. The molecule has 4 heteroatoms. The summed E-state index contributed by atoms with van der Waals surface area (Å²) in [6, 6.07) is 0. The van der Waals surface area contributed by atoms with Gasteiger partial charge in [-0.05, 0) is 6.42 Å². The zero-order valence-corrected chi connectivity index (χ0v) is 9.21. The third-order valence-corrected chi connectivity index (χ3v) is 1.90. The molecule has 0 heterocycles. The third kappa shape index (κ3) is 5.04. The first-order valence-corrected chi connectivity index (χ1v) is 4.13. The van der Waals surface area contributed by atoms with Crippen LogP contribution < -0.4 is 43.0 Å². The van der Waals surface area contributed by atoms with Crippen LogP contribution in [0.2, 0.25) is 0 Å². The Bertz CT molecular complexity index is 224. The van der Waals surface area contributed by atoms with Gasteiger partial charge in [0.15, 0.2) is 6.41 Å². The fraction of sp³-hybridized carbons (Fsp3) is 0.300. The van der Waals surface area contributed by atoms with Crippen LogP contribution in [0.25, 0.3) is 0 Å². The van der Waals surface area contributed by atoms with Gasteiger partial charge >= 0.3 is 37.7 Å². The molecule has 0 radical (unpaired) electrons. The van der Waals surface area contributed by atoms with Crippen LogP contribution in [0.5, 0.6) is 0 Å². The molecule has 0 aromatic heterocycles. The average Bonchev–Trinajstić information content (AvgIpc) is 2.52. The number of carbonyl (C=O) groups is 1. The largest absolute Gasteiger partial charge is 1.00 e. The molecule has 1 amide bonds. The molecule has 0 fully saturated rings. The van der Waals surface area contributed by atoms with Crippen LogP contribution in [0, 0.1) is 13.0 Å². The van der Waals surface area contributed by atoms with Crippen molar-refractivity contribution in [1.82, 2.24) is 5.32 Å². The van der Waals surface area contributed by atoms with Gasteiger partial charge in [0.05, 0.1) is 0 Å². The Morgan fingerprint density at radius 1 is 1.57 bits per heavy atom. The quantitative estimate of drug-likeness (QED) is 0.196. The molecule has 0 unspecified atom stereocenters. The zero-order valence-electron chi connectivity index (χ0n) is 9.21. The Morgan fingerprint density at radius 2 is 2.29 bits per heavy atom. The number of hydrogen-bond donors (Lipinski definition) is 1. The molecule has 0 saturated heterocycles. The van der Waals surface area contributed by atoms with Crippen molar-refractivity contribution in [1.29, 1.82) is 0 Å². The van der Waals surface area contributed by atoms with E-state index in [2.05, 4.69) is 24.4 Å². The summed E-state index contributed by atoms with van der Waals surface area (Å²) < 4.78 is 0. The van der Waals surface area contributed by atoms with E-state index in [0.29, 0.717) is 6.41 Å². The average molecular weight is 177 g/mol. The van der Waals surface area contributed by atoms with Gasteiger partial charge in [0.2, 0.25) is 0 Å². The van der Waals surface area contributed by atoms with Gasteiger partial charge in [-0.25, -0.2) is 5.57 Å². The molecule has 0 bridgehead atoms. The van der Waals surface area contributed by atoms with Crippen molar-refractivity contribution in [3.63, 3.8) is 0 Å². The first kappa shape index (κ1) is 16.4. The van der Waals surface area contributed by atoms with Crippen LogP contribution in [-0.4, -0.2) is 6.41 Å². The minimum Gasteiger partial charge on any atom is -0.522 e. The van der Waals surface area contributed by atoms with Crippen LogP contribution >= 0.6 is 0 Å². The summed E-state index contributed by atoms with van der Waals surface area (Å²) in [6.07, 6.45) is 8.94. The minimum atomic E-state index is 0. The fourth-order valence-electron chi connectivity index (χ4n) is 1.27. The van der Waals surface area contributed by atoms with Crippen molar-refractivity contribution < 1.29 is 42.5 Å². The molecule has 0 aromatic rings. The molecule has 2 nitrogen and oxygen atoms in total. The van der Waals surface area contributed by atoms with Gasteiger partial charge in [0.1, 0.15) is 0 Å². The molecule has 66 valence electrons. The second-order valence-corrected chi connectivity index (χ2v) is 2.63. The molecule has 1 aliphatic carbocycles. The van der Waals surface area contributed by atoms with Crippen molar-refractivity contribution in [2.24, 2.45) is 0 Å². The van der Waals surface area contributed by atoms with E-state index in [1.807, 2.05) is 6.42 Å². The predicted octanol–water partition coefficient (Wildman–Crippen LogP) is -4.23. The van der Waals surface area contributed by atoms with Crippen LogP contribution in [0.3, 0.4) is 0 Å². The number of carbonyl (C=O) groups excluding carboxylic acids is 1. The zero-order chi connectivity index (χ0) is 8.81. The Balaban J connectivity index is 0. The van der Waals surface area contributed by atoms with Gasteiger partial charge in [-0.2, -0.15) is 5.57 Å². The topological polar surface area (TPSA) is 29.1 Å². The smallest absolute Gasteiger partial charge is 0.522 e. The van der Waals surface area contributed by atoms with Gasteiger partial charge in [-0.3, -0.25) is 4.79 Å². The van der Waals surface area contributed by atoms with E-state index >= 15 is 0 Å². The van der Waals surface area contributed by atoms with E-state index in [0.717, 1.165) is 12.8 Å². The third-order valence-electron chi connectivity index (χ3n) is 1.90. The molecular formula is C10H13Li2NO. The second-order valence-electron chi connectivity index (χ2n) is 2.63. The predicted molar refractivity (Wildman–Crippen MR) is 48.9 cm³/mol. The van der Waals surface area contributed by atoms with Gasteiger partial charge in [-0.15, -0.1) is 12.2 Å². The summed E-state index contributed by atoms with van der Waals surface area (Å²) in [6.45, 7) is 3.80. The molecule has 0 spiro atoms. The van der Waals surface area contributed by atoms with E-state index in [1.54, 1.807) is 6.54 Å². The molecule has 0 aromatic carbocycles. The molecule has 0 aliphatic heterocycles. The van der Waals surface area contributed by atoms with Crippen LogP contribution in [0.1, 0.15) is 19.8 Å². The molecule has 0 atom stereocenters. The Hall–Kier alpha value is 0.0148. The monoisotopic (exact) mass is 177 g/mol. The number of amides is 1. The number of rotatable bonds is 5. The molecular weight excluding hydrogens is 164 g/mol. The SMILES string of the molecule is CCC1=C([CH-][CH-]NC=O)CC=C1.[Li+].[Li+]. The molecule has 14 heavy (non-hydrogen) atoms. The van der Waals surface area contributed by atoms with Gasteiger partial charge in [0.25, 0.3) is 0 Å². The van der Waals surface area contributed by atoms with Crippen molar-refractivity contribution in [2.45, 2.75) is 19.8 Å². The maximum Gasteiger partial charge on any atom is 1.00 e. The molecule has 0 saturated carbocycles. The van der Waals surface area contributed by atoms with Gasteiger partial charge in [-0.1, -0.05) is 13.3 Å². The normalized spacial score (nSPS) is 12.9. The van der Waals surface area contributed by atoms with E-state index < -0.39 is 0 Å². The van der Waals surface area contributed by atoms with Gasteiger partial charge < -0.3 is 18.3 Å². The van der Waals surface area contributed by atoms with Crippen molar-refractivity contribution in [2.75, 3.05) is 0 Å². The first-order valence-electron chi connectivity index (χ1n) is 4.13. The van der Waals surface area contributed by atoms with Crippen LogP contribution in [-0.2, 0) is 4.79 Å². The van der Waals surface area contributed by atoms with E-state index in [1.165, 1.54) is 11.1 Å². The van der Waals surface area contributed by atoms with E-state index in [4.69, 9.17) is 0 Å². The van der Waals surface area contributed by atoms with Crippen LogP contribution in [0.15, 0.2) is 23.3 Å². The number of hydrogen-bond acceptors (Lipinski definition) is 1. The first-order chi connectivity index (χ1) is 5.88. The van der Waals surface area contributed by atoms with E-state index in [-0.39, 0.29) is 37.7 Å². The standard InChI is InChI=1S/C10H13NO.2Li/c1-2-9-4-3-5-10(9)6-7-11-8-12;;/h3-4,6-8H,2,5H2,1H3,(H,11,12);;/q-2;2*+1. The molecule has 1 N–H and O–H groups in total. The summed E-state index contributed by atoms with van der Waals surface area (Å²) in [7, 11) is 0. The minimum absolute atomic E-state index is 0. The Labute approximate surface area is 110 Å². The fourth-order valence-corrected chi connectivity index (χ4v) is 1.27. The van der Waals surface area contributed by atoms with Crippen molar-refractivity contribution >= 4 is 6.41 Å². The summed E-state index contributed by atoms with van der Waals surface area (Å²) >= 11 is 0. The maximum atomic E-state index is 9.94. The number of allylic oxidation sites excluding steroid dienone is 3. The van der Waals surface area contributed by atoms with Crippen molar-refractivity contribution in [3.8, 4) is 0 Å². The summed E-state index contributed by atoms with van der Waals surface area (Å²) in [4.78, 5) is 9.94. The van der Waals surface area contributed by atoms with Crippen molar-refractivity contribution in [3.05, 3.63) is 36.3 Å². The Morgan fingerprint density at radius 3 is 2.86 bits per heavy atom. The summed E-state index contributed by atoms with van der Waals surface area (Å²) in [5, 5.41) is 2.50. The Kier molecular flexibility index (Phi) is 11.2. The van der Waals surface area contributed by atoms with Crippen LogP contribution in [0.4, 0.5) is 0 Å². The number of nitrogens with one attached hydrogen (secondary N) is 1. The second kappa shape index (κ2) is 9.57. The summed E-state index contributed by atoms with van der Waals surface area (Å²) in [5.41, 5.74) is 2.66. The molecule has 1 rings (SSSR count). The molecule has 1 aliphatic rings. The van der Waals surface area contributed by atoms with Gasteiger partial charge in [0, 0.05) is 0 Å².